The summed E-state index contributed by atoms with van der Waals surface area (Å²) in [6.07, 6.45) is 8.91. The zero-order chi connectivity index (χ0) is 17.2. The average molecular weight is 334 g/mol. The van der Waals surface area contributed by atoms with Crippen molar-refractivity contribution in [1.29, 1.82) is 0 Å². The van der Waals surface area contributed by atoms with Crippen LogP contribution in [0.5, 0.6) is 11.5 Å². The Morgan fingerprint density at radius 1 is 1.21 bits per heavy atom. The first kappa shape index (κ1) is 18.3. The second kappa shape index (κ2) is 9.98. The first-order chi connectivity index (χ1) is 11.7. The summed E-state index contributed by atoms with van der Waals surface area (Å²) in [5, 5.41) is 8.83. The third kappa shape index (κ3) is 6.24. The molecule has 0 unspecified atom stereocenters. The molecular weight excluding hydrogens is 308 g/mol. The Kier molecular flexibility index (Phi) is 7.62. The lowest BCUT2D eigenvalue weighted by Crippen LogP contribution is -2.15. The fraction of sp³-hybridized carbons (Fsp3) is 0.526. The van der Waals surface area contributed by atoms with Gasteiger partial charge in [-0.3, -0.25) is 0 Å². The number of methoxy groups -OCH3 is 1. The smallest absolute Gasteiger partial charge is 0.328 e. The first-order valence-corrected chi connectivity index (χ1v) is 8.48. The van der Waals surface area contributed by atoms with Gasteiger partial charge in [-0.1, -0.05) is 19.3 Å². The molecule has 1 aliphatic carbocycles. The van der Waals surface area contributed by atoms with Gasteiger partial charge in [0.1, 0.15) is 18.1 Å². The Labute approximate surface area is 143 Å². The van der Waals surface area contributed by atoms with Crippen LogP contribution in [0, 0.1) is 5.92 Å². The van der Waals surface area contributed by atoms with Gasteiger partial charge in [0, 0.05) is 24.8 Å². The lowest BCUT2D eigenvalue weighted by Gasteiger charge is -2.22. The molecule has 5 heteroatoms. The van der Waals surface area contributed by atoms with E-state index >= 15 is 0 Å². The van der Waals surface area contributed by atoms with Gasteiger partial charge in [0.05, 0.1) is 13.2 Å². The number of carbonyl (C=O) groups is 1. The van der Waals surface area contributed by atoms with Crippen molar-refractivity contribution in [3.05, 3.63) is 29.8 Å². The predicted octanol–water partition coefficient (Wildman–Crippen LogP) is 3.77. The minimum Gasteiger partial charge on any atom is -0.493 e. The maximum absolute atomic E-state index is 10.8. The summed E-state index contributed by atoms with van der Waals surface area (Å²) in [6, 6.07) is 5.45. The third-order valence-electron chi connectivity index (χ3n) is 4.15. The van der Waals surface area contributed by atoms with Crippen molar-refractivity contribution >= 4 is 12.0 Å². The van der Waals surface area contributed by atoms with E-state index in [9.17, 15) is 4.79 Å². The molecule has 0 aliphatic heterocycles. The number of hydrogen-bond donors (Lipinski definition) is 1. The van der Waals surface area contributed by atoms with Gasteiger partial charge in [-0.2, -0.15) is 0 Å². The number of benzene rings is 1. The van der Waals surface area contributed by atoms with Gasteiger partial charge in [0.15, 0.2) is 0 Å². The number of rotatable bonds is 9. The van der Waals surface area contributed by atoms with Crippen LogP contribution in [0.3, 0.4) is 0 Å². The molecule has 1 aromatic rings. The second-order valence-electron chi connectivity index (χ2n) is 6.03. The average Bonchev–Trinajstić information content (AvgIpc) is 2.60. The molecule has 1 aliphatic rings. The summed E-state index contributed by atoms with van der Waals surface area (Å²) in [5.41, 5.74) is 0.743. The quantitative estimate of drug-likeness (QED) is 0.550. The molecule has 1 aromatic carbocycles. The van der Waals surface area contributed by atoms with E-state index in [-0.39, 0.29) is 0 Å². The number of aliphatic carboxylic acids is 1. The van der Waals surface area contributed by atoms with E-state index < -0.39 is 5.97 Å². The van der Waals surface area contributed by atoms with Crippen LogP contribution >= 0.6 is 0 Å². The maximum Gasteiger partial charge on any atom is 0.328 e. The molecule has 24 heavy (non-hydrogen) atoms. The van der Waals surface area contributed by atoms with E-state index in [0.29, 0.717) is 37.2 Å². The van der Waals surface area contributed by atoms with Crippen LogP contribution < -0.4 is 9.47 Å². The first-order valence-electron chi connectivity index (χ1n) is 8.48. The summed E-state index contributed by atoms with van der Waals surface area (Å²) in [7, 11) is 1.63. The predicted molar refractivity (Wildman–Crippen MR) is 92.6 cm³/mol. The number of carboxylic acid groups (broad SMARTS) is 1. The van der Waals surface area contributed by atoms with Crippen LogP contribution in [0.1, 0.15) is 37.7 Å². The molecule has 0 amide bonds. The standard InChI is InChI=1S/C19H26O5/c1-22-11-12-23-17-9-7-16(8-10-19(20)21)18(13-17)24-14-15-5-3-2-4-6-15/h7-10,13,15H,2-6,11-12,14H2,1H3,(H,20,21). The Balaban J connectivity index is 2.05. The van der Waals surface area contributed by atoms with Crippen LogP contribution in [0.15, 0.2) is 24.3 Å². The minimum absolute atomic E-state index is 0.461. The van der Waals surface area contributed by atoms with Gasteiger partial charge >= 0.3 is 5.97 Å². The van der Waals surface area contributed by atoms with Crippen molar-refractivity contribution in [1.82, 2.24) is 0 Å². The van der Waals surface area contributed by atoms with Crippen molar-refractivity contribution in [3.63, 3.8) is 0 Å². The van der Waals surface area contributed by atoms with E-state index in [1.54, 1.807) is 13.2 Å². The van der Waals surface area contributed by atoms with Gasteiger partial charge in [-0.15, -0.1) is 0 Å². The van der Waals surface area contributed by atoms with Gasteiger partial charge in [0.2, 0.25) is 0 Å². The normalized spacial score (nSPS) is 15.5. The Morgan fingerprint density at radius 3 is 2.71 bits per heavy atom. The molecule has 2 rings (SSSR count). The lowest BCUT2D eigenvalue weighted by atomic mass is 9.90. The summed E-state index contributed by atoms with van der Waals surface area (Å²) in [6.45, 7) is 1.64. The van der Waals surface area contributed by atoms with Crippen molar-refractivity contribution in [2.24, 2.45) is 5.92 Å². The van der Waals surface area contributed by atoms with Crippen LogP contribution in [-0.2, 0) is 9.53 Å². The van der Waals surface area contributed by atoms with E-state index in [1.807, 2.05) is 18.2 Å². The zero-order valence-corrected chi connectivity index (χ0v) is 14.2. The number of ether oxygens (including phenoxy) is 3. The topological polar surface area (TPSA) is 65.0 Å². The molecule has 1 fully saturated rings. The SMILES string of the molecule is COCCOc1ccc(C=CC(=O)O)c(OCC2CCCCC2)c1. The van der Waals surface area contributed by atoms with Gasteiger partial charge in [-0.25, -0.2) is 4.79 Å². The lowest BCUT2D eigenvalue weighted by molar-refractivity contribution is -0.131. The van der Waals surface area contributed by atoms with Gasteiger partial charge in [0.25, 0.3) is 0 Å². The van der Waals surface area contributed by atoms with Crippen molar-refractivity contribution in [3.8, 4) is 11.5 Å². The van der Waals surface area contributed by atoms with Gasteiger partial charge < -0.3 is 19.3 Å². The molecular formula is C19H26O5. The fourth-order valence-corrected chi connectivity index (χ4v) is 2.83. The molecule has 0 aromatic heterocycles. The fourth-order valence-electron chi connectivity index (χ4n) is 2.83. The summed E-state index contributed by atoms with van der Waals surface area (Å²) < 4.78 is 16.6. The van der Waals surface area contributed by atoms with E-state index in [1.165, 1.54) is 32.1 Å². The van der Waals surface area contributed by atoms with Crippen LogP contribution in [0.4, 0.5) is 0 Å². The molecule has 1 N–H and O–H groups in total. The molecule has 0 bridgehead atoms. The maximum atomic E-state index is 10.8. The molecule has 1 saturated carbocycles. The highest BCUT2D eigenvalue weighted by Gasteiger charge is 2.15. The summed E-state index contributed by atoms with van der Waals surface area (Å²) >= 11 is 0. The summed E-state index contributed by atoms with van der Waals surface area (Å²) in [5.74, 6) is 0.952. The zero-order valence-electron chi connectivity index (χ0n) is 14.2. The molecule has 0 spiro atoms. The Morgan fingerprint density at radius 2 is 2.00 bits per heavy atom. The Bertz CT molecular complexity index is 547. The molecule has 0 saturated heterocycles. The van der Waals surface area contributed by atoms with Gasteiger partial charge in [-0.05, 0) is 37.0 Å². The van der Waals surface area contributed by atoms with Crippen LogP contribution in [0.25, 0.3) is 6.08 Å². The van der Waals surface area contributed by atoms with Crippen molar-refractivity contribution in [2.45, 2.75) is 32.1 Å². The third-order valence-corrected chi connectivity index (χ3v) is 4.15. The monoisotopic (exact) mass is 334 g/mol. The second-order valence-corrected chi connectivity index (χ2v) is 6.03. The van der Waals surface area contributed by atoms with E-state index in [0.717, 1.165) is 11.6 Å². The molecule has 5 nitrogen and oxygen atoms in total. The largest absolute Gasteiger partial charge is 0.493 e. The van der Waals surface area contributed by atoms with Crippen LogP contribution in [-0.4, -0.2) is 38.0 Å². The molecule has 0 atom stereocenters. The summed E-state index contributed by atoms with van der Waals surface area (Å²) in [4.78, 5) is 10.8. The highest BCUT2D eigenvalue weighted by Crippen LogP contribution is 2.29. The molecule has 0 heterocycles. The van der Waals surface area contributed by atoms with Crippen molar-refractivity contribution in [2.75, 3.05) is 26.9 Å². The highest BCUT2D eigenvalue weighted by atomic mass is 16.5. The number of carboxylic acids is 1. The van der Waals surface area contributed by atoms with E-state index in [2.05, 4.69) is 0 Å². The minimum atomic E-state index is -0.978. The Hall–Kier alpha value is -2.01. The highest BCUT2D eigenvalue weighted by molar-refractivity contribution is 5.86. The molecule has 132 valence electrons. The van der Waals surface area contributed by atoms with Crippen molar-refractivity contribution < 1.29 is 24.1 Å². The van der Waals surface area contributed by atoms with E-state index in [4.69, 9.17) is 19.3 Å². The number of hydrogen-bond acceptors (Lipinski definition) is 4. The van der Waals surface area contributed by atoms with Crippen LogP contribution in [0.2, 0.25) is 0 Å². The molecule has 0 radical (unpaired) electrons.